The summed E-state index contributed by atoms with van der Waals surface area (Å²) in [5.74, 6) is -5.27. The Morgan fingerprint density at radius 3 is 2.29 bits per heavy atom. The number of ketones is 1. The SMILES string of the molecule is CC(C)Oc1c(F)c(F)c2c(c1F)C1CC2C(C)(C)C1=O. The van der Waals surface area contributed by atoms with E-state index < -0.39 is 46.6 Å². The standard InChI is InChI=1S/C16H17F3O2/c1-6(2)21-14-12(18)9-7-5-8(16(3,4)15(7)20)10(9)11(17)13(14)19/h6-8H,5H2,1-4H3. The first-order valence-electron chi connectivity index (χ1n) is 7.09. The molecule has 1 aromatic rings. The van der Waals surface area contributed by atoms with Gasteiger partial charge in [0.15, 0.2) is 17.4 Å². The largest absolute Gasteiger partial charge is 0.485 e. The number of carbonyl (C=O) groups excluding carboxylic acids is 1. The molecule has 0 N–H and O–H groups in total. The molecule has 0 aromatic heterocycles. The van der Waals surface area contributed by atoms with Crippen LogP contribution in [0.15, 0.2) is 0 Å². The third kappa shape index (κ3) is 1.69. The number of ether oxygens (including phenoxy) is 1. The third-order valence-electron chi connectivity index (χ3n) is 4.70. The highest BCUT2D eigenvalue weighted by atomic mass is 19.2. The van der Waals surface area contributed by atoms with Crippen molar-refractivity contribution in [1.29, 1.82) is 0 Å². The van der Waals surface area contributed by atoms with Crippen molar-refractivity contribution in [1.82, 2.24) is 0 Å². The molecule has 2 atom stereocenters. The molecule has 3 rings (SSSR count). The zero-order valence-corrected chi connectivity index (χ0v) is 12.4. The average molecular weight is 298 g/mol. The third-order valence-corrected chi connectivity index (χ3v) is 4.70. The normalized spacial score (nSPS) is 25.6. The van der Waals surface area contributed by atoms with E-state index in [-0.39, 0.29) is 16.9 Å². The van der Waals surface area contributed by atoms with Gasteiger partial charge in [-0.25, -0.2) is 8.78 Å². The number of rotatable bonds is 2. The van der Waals surface area contributed by atoms with E-state index in [9.17, 15) is 18.0 Å². The minimum absolute atomic E-state index is 0.00104. The Labute approximate surface area is 121 Å². The summed E-state index contributed by atoms with van der Waals surface area (Å²) in [5, 5.41) is 0. The predicted molar refractivity (Wildman–Crippen MR) is 71.0 cm³/mol. The van der Waals surface area contributed by atoms with Crippen molar-refractivity contribution in [3.63, 3.8) is 0 Å². The van der Waals surface area contributed by atoms with Crippen molar-refractivity contribution in [3.05, 3.63) is 28.6 Å². The fourth-order valence-electron chi connectivity index (χ4n) is 3.68. The Hall–Kier alpha value is -1.52. The lowest BCUT2D eigenvalue weighted by molar-refractivity contribution is -0.126. The second-order valence-electron chi connectivity index (χ2n) is 6.69. The fraction of sp³-hybridized carbons (Fsp3) is 0.562. The van der Waals surface area contributed by atoms with Crippen molar-refractivity contribution >= 4 is 5.78 Å². The van der Waals surface area contributed by atoms with Gasteiger partial charge in [0.25, 0.3) is 0 Å². The lowest BCUT2D eigenvalue weighted by Crippen LogP contribution is -2.31. The van der Waals surface area contributed by atoms with Gasteiger partial charge >= 0.3 is 0 Å². The van der Waals surface area contributed by atoms with E-state index in [0.29, 0.717) is 6.42 Å². The fourth-order valence-corrected chi connectivity index (χ4v) is 3.68. The second-order valence-corrected chi connectivity index (χ2v) is 6.69. The lowest BCUT2D eigenvalue weighted by atomic mass is 9.72. The second kappa shape index (κ2) is 4.24. The van der Waals surface area contributed by atoms with Gasteiger partial charge in [0.2, 0.25) is 5.82 Å². The maximum Gasteiger partial charge on any atom is 0.204 e. The summed E-state index contributed by atoms with van der Waals surface area (Å²) < 4.78 is 48.2. The smallest absolute Gasteiger partial charge is 0.204 e. The molecule has 0 radical (unpaired) electrons. The molecule has 114 valence electrons. The molecule has 2 unspecified atom stereocenters. The van der Waals surface area contributed by atoms with Gasteiger partial charge in [-0.1, -0.05) is 13.8 Å². The van der Waals surface area contributed by atoms with Crippen LogP contribution in [0.5, 0.6) is 5.75 Å². The van der Waals surface area contributed by atoms with Gasteiger partial charge in [-0.2, -0.15) is 4.39 Å². The predicted octanol–water partition coefficient (Wildman–Crippen LogP) is 4.07. The molecule has 21 heavy (non-hydrogen) atoms. The molecule has 2 aliphatic carbocycles. The number of halogens is 3. The van der Waals surface area contributed by atoms with Crippen molar-refractivity contribution in [3.8, 4) is 5.75 Å². The van der Waals surface area contributed by atoms with E-state index in [1.807, 2.05) is 0 Å². The van der Waals surface area contributed by atoms with Crippen molar-refractivity contribution in [2.75, 3.05) is 0 Å². The molecule has 1 aromatic carbocycles. The van der Waals surface area contributed by atoms with Crippen LogP contribution in [0.3, 0.4) is 0 Å². The summed E-state index contributed by atoms with van der Waals surface area (Å²) in [6, 6.07) is 0. The van der Waals surface area contributed by atoms with E-state index >= 15 is 0 Å². The molecule has 5 heteroatoms. The zero-order valence-electron chi connectivity index (χ0n) is 12.4. The van der Waals surface area contributed by atoms with Gasteiger partial charge in [-0.05, 0) is 20.3 Å². The van der Waals surface area contributed by atoms with E-state index in [0.717, 1.165) is 0 Å². The van der Waals surface area contributed by atoms with Crippen LogP contribution in [-0.2, 0) is 4.79 Å². The molecule has 1 fully saturated rings. The average Bonchev–Trinajstić information content (AvgIpc) is 2.89. The maximum absolute atomic E-state index is 14.6. The van der Waals surface area contributed by atoms with E-state index in [2.05, 4.69) is 0 Å². The highest BCUT2D eigenvalue weighted by molar-refractivity contribution is 5.97. The van der Waals surface area contributed by atoms with Crippen LogP contribution in [0.4, 0.5) is 13.2 Å². The van der Waals surface area contributed by atoms with Gasteiger partial charge in [0.1, 0.15) is 5.78 Å². The lowest BCUT2D eigenvalue weighted by Gasteiger charge is -2.31. The first-order chi connectivity index (χ1) is 9.67. The Balaban J connectivity index is 2.26. The van der Waals surface area contributed by atoms with Crippen molar-refractivity contribution < 1.29 is 22.7 Å². The van der Waals surface area contributed by atoms with Crippen LogP contribution < -0.4 is 4.74 Å². The molecule has 2 bridgehead atoms. The summed E-state index contributed by atoms with van der Waals surface area (Å²) in [7, 11) is 0. The molecule has 0 amide bonds. The molecular formula is C16H17F3O2. The number of hydrogen-bond donors (Lipinski definition) is 0. The first kappa shape index (κ1) is 14.4. The van der Waals surface area contributed by atoms with E-state index in [4.69, 9.17) is 4.74 Å². The van der Waals surface area contributed by atoms with Gasteiger partial charge in [0, 0.05) is 28.4 Å². The molecule has 2 nitrogen and oxygen atoms in total. The van der Waals surface area contributed by atoms with Crippen LogP contribution in [0.2, 0.25) is 0 Å². The van der Waals surface area contributed by atoms with Crippen LogP contribution in [-0.4, -0.2) is 11.9 Å². The van der Waals surface area contributed by atoms with Gasteiger partial charge in [0.05, 0.1) is 6.10 Å². The Morgan fingerprint density at radius 2 is 1.71 bits per heavy atom. The summed E-state index contributed by atoms with van der Waals surface area (Å²) in [4.78, 5) is 12.3. The molecule has 0 aliphatic heterocycles. The van der Waals surface area contributed by atoms with Crippen LogP contribution in [0.25, 0.3) is 0 Å². The van der Waals surface area contributed by atoms with Crippen molar-refractivity contribution in [2.24, 2.45) is 5.41 Å². The van der Waals surface area contributed by atoms with Crippen LogP contribution in [0.1, 0.15) is 57.1 Å². The van der Waals surface area contributed by atoms with Gasteiger partial charge < -0.3 is 4.74 Å². The van der Waals surface area contributed by atoms with E-state index in [1.54, 1.807) is 27.7 Å². The molecule has 0 heterocycles. The topological polar surface area (TPSA) is 26.3 Å². The molecule has 0 spiro atoms. The van der Waals surface area contributed by atoms with E-state index in [1.165, 1.54) is 0 Å². The molecule has 2 aliphatic rings. The molecule has 0 saturated heterocycles. The highest BCUT2D eigenvalue weighted by Gasteiger charge is 2.58. The van der Waals surface area contributed by atoms with Crippen LogP contribution >= 0.6 is 0 Å². The quantitative estimate of drug-likeness (QED) is 0.769. The van der Waals surface area contributed by atoms with Gasteiger partial charge in [-0.15, -0.1) is 0 Å². The van der Waals surface area contributed by atoms with Crippen LogP contribution in [0, 0.1) is 22.9 Å². The number of fused-ring (bicyclic) bond motifs is 5. The number of carbonyl (C=O) groups is 1. The summed E-state index contributed by atoms with van der Waals surface area (Å²) in [6.07, 6.45) is -0.142. The Bertz CT molecular complexity index is 650. The zero-order chi connectivity index (χ0) is 15.7. The minimum Gasteiger partial charge on any atom is -0.485 e. The monoisotopic (exact) mass is 298 g/mol. The highest BCUT2D eigenvalue weighted by Crippen LogP contribution is 2.62. The maximum atomic E-state index is 14.6. The summed E-state index contributed by atoms with van der Waals surface area (Å²) >= 11 is 0. The Kier molecular flexibility index (Phi) is 2.91. The summed E-state index contributed by atoms with van der Waals surface area (Å²) in [5.41, 5.74) is -0.757. The minimum atomic E-state index is -1.30. The first-order valence-corrected chi connectivity index (χ1v) is 7.09. The number of Topliss-reactive ketones (excluding diaryl/α,β-unsaturated/α-hetero) is 1. The number of hydrogen-bond acceptors (Lipinski definition) is 2. The molecule has 1 saturated carbocycles. The Morgan fingerprint density at radius 1 is 1.10 bits per heavy atom. The summed E-state index contributed by atoms with van der Waals surface area (Å²) in [6.45, 7) is 6.61. The van der Waals surface area contributed by atoms with Gasteiger partial charge in [-0.3, -0.25) is 4.79 Å². The van der Waals surface area contributed by atoms with Crippen molar-refractivity contribution in [2.45, 2.75) is 52.1 Å². The number of benzene rings is 1. The molecular weight excluding hydrogens is 281 g/mol.